The van der Waals surface area contributed by atoms with Crippen molar-refractivity contribution in [2.45, 2.75) is 204 Å². The van der Waals surface area contributed by atoms with Crippen molar-refractivity contribution in [2.75, 3.05) is 13.1 Å². The zero-order chi connectivity index (χ0) is 56.2. The Hall–Kier alpha value is -6.86. The standard InChI is InChI=1S/C50H84N14O12/c1-4-14-34(43(69)57-29(2)42(68)61-36(49(75)76)20-13-22-55-50(52)53)59-45(71)37(23-31-15-7-5-8-16-31)62-46(72)38(24-32-17-9-6-10-18-32)63-48(74)40(26-41(66)67)64-44(70)35(19-11-12-21-51)60-47(73)39(58-30(3)65)25-33-27-54-28-56-33/h27-29,31-32,34-40H,4-26,51H2,1-3H3,(H,54,56)(H,57,69)(H,58,65)(H,59,71)(H,60,73)(H,61,68)(H,62,72)(H,63,74)(H,64,70)(H,66,67)(H,75,76)(H4,52,53,55)/t29-,34+,35+,36+,37+,38+,39+,40+/m1/s1. The van der Waals surface area contributed by atoms with Gasteiger partial charge in [-0.25, -0.2) is 9.78 Å². The molecule has 8 amide bonds. The lowest BCUT2D eigenvalue weighted by molar-refractivity contribution is -0.142. The van der Waals surface area contributed by atoms with E-state index in [1.165, 1.54) is 26.4 Å². The van der Waals surface area contributed by atoms with Gasteiger partial charge in [0.05, 0.1) is 12.7 Å². The molecule has 0 aromatic carbocycles. The minimum atomic E-state index is -1.73. The van der Waals surface area contributed by atoms with Gasteiger partial charge in [0.2, 0.25) is 47.3 Å². The predicted molar refractivity (Wildman–Crippen MR) is 279 cm³/mol. The molecular formula is C50H84N14O12. The average molecular weight is 1070 g/mol. The van der Waals surface area contributed by atoms with Gasteiger partial charge in [-0.05, 0) is 76.7 Å². The highest BCUT2D eigenvalue weighted by Gasteiger charge is 2.37. The summed E-state index contributed by atoms with van der Waals surface area (Å²) in [6.45, 7) is 4.78. The second-order valence-electron chi connectivity index (χ2n) is 20.1. The number of guanidine groups is 1. The van der Waals surface area contributed by atoms with Gasteiger partial charge in [-0.15, -0.1) is 0 Å². The van der Waals surface area contributed by atoms with Gasteiger partial charge in [0.15, 0.2) is 5.96 Å². The third-order valence-electron chi connectivity index (χ3n) is 13.6. The molecule has 0 saturated heterocycles. The summed E-state index contributed by atoms with van der Waals surface area (Å²) in [6.07, 6.45) is 12.5. The Morgan fingerprint density at radius 2 is 1.09 bits per heavy atom. The SMILES string of the molecule is CCC[C@H](NC(=O)[C@H](CC1CCCCC1)NC(=O)[C@H](CC1CCCCC1)NC(=O)[C@H](CC(=O)O)NC(=O)[C@H](CCCCN)NC(=O)[C@H](Cc1cnc[nH]1)NC(C)=O)C(=O)N[C@H](C)C(=O)N[C@@H](CCCN=C(N)N)C(=O)O. The van der Waals surface area contributed by atoms with Crippen molar-refractivity contribution in [3.8, 4) is 0 Å². The Morgan fingerprint density at radius 1 is 0.618 bits per heavy atom. The first-order chi connectivity index (χ1) is 36.2. The third kappa shape index (κ3) is 23.8. The van der Waals surface area contributed by atoms with E-state index in [1.54, 1.807) is 6.92 Å². The summed E-state index contributed by atoms with van der Waals surface area (Å²) >= 11 is 0. The van der Waals surface area contributed by atoms with E-state index in [4.69, 9.17) is 17.2 Å². The van der Waals surface area contributed by atoms with E-state index in [2.05, 4.69) is 57.5 Å². The van der Waals surface area contributed by atoms with Gasteiger partial charge in [-0.3, -0.25) is 48.1 Å². The number of hydrogen-bond donors (Lipinski definition) is 14. The van der Waals surface area contributed by atoms with Crippen molar-refractivity contribution in [3.05, 3.63) is 18.2 Å². The van der Waals surface area contributed by atoms with Crippen LogP contribution in [-0.4, -0.2) is 147 Å². The van der Waals surface area contributed by atoms with Gasteiger partial charge < -0.3 is 74.9 Å². The average Bonchev–Trinajstić information content (AvgIpc) is 3.89. The van der Waals surface area contributed by atoms with Gasteiger partial charge in [-0.1, -0.05) is 77.6 Å². The minimum Gasteiger partial charge on any atom is -0.481 e. The molecule has 0 bridgehead atoms. The van der Waals surface area contributed by atoms with Crippen molar-refractivity contribution in [1.82, 2.24) is 52.5 Å². The number of imidazole rings is 1. The molecule has 1 heterocycles. The topological polar surface area (TPSA) is 426 Å². The lowest BCUT2D eigenvalue weighted by atomic mass is 9.83. The second kappa shape index (κ2) is 33.9. The van der Waals surface area contributed by atoms with E-state index >= 15 is 0 Å². The lowest BCUT2D eigenvalue weighted by Crippen LogP contribution is -2.60. The second-order valence-corrected chi connectivity index (χ2v) is 20.1. The Labute approximate surface area is 444 Å². The van der Waals surface area contributed by atoms with Crippen molar-refractivity contribution < 1.29 is 58.2 Å². The Morgan fingerprint density at radius 3 is 1.58 bits per heavy atom. The van der Waals surface area contributed by atoms with Gasteiger partial charge in [0.1, 0.15) is 48.3 Å². The Bertz CT molecular complexity index is 2090. The molecule has 2 aliphatic carbocycles. The number of carbonyl (C=O) groups excluding carboxylic acids is 8. The van der Waals surface area contributed by atoms with Crippen molar-refractivity contribution in [1.29, 1.82) is 0 Å². The summed E-state index contributed by atoms with van der Waals surface area (Å²) in [7, 11) is 0. The van der Waals surface area contributed by atoms with E-state index < -0.39 is 114 Å². The van der Waals surface area contributed by atoms with E-state index in [9.17, 15) is 58.2 Å². The molecule has 76 heavy (non-hydrogen) atoms. The van der Waals surface area contributed by atoms with Gasteiger partial charge >= 0.3 is 11.9 Å². The van der Waals surface area contributed by atoms with E-state index in [1.807, 2.05) is 0 Å². The number of aromatic amines is 1. The van der Waals surface area contributed by atoms with Gasteiger partial charge in [0.25, 0.3) is 0 Å². The summed E-state index contributed by atoms with van der Waals surface area (Å²) in [4.78, 5) is 145. The van der Waals surface area contributed by atoms with Crippen LogP contribution in [0.2, 0.25) is 0 Å². The molecule has 0 radical (unpaired) electrons. The maximum Gasteiger partial charge on any atom is 0.326 e. The fraction of sp³-hybridized carbons (Fsp3) is 0.720. The number of aliphatic imine (C=N–C) groups is 1. The molecule has 426 valence electrons. The first-order valence-electron chi connectivity index (χ1n) is 26.8. The fourth-order valence-electron chi connectivity index (χ4n) is 9.55. The molecule has 1 aromatic rings. The van der Waals surface area contributed by atoms with Crippen LogP contribution in [0.1, 0.15) is 155 Å². The number of H-pyrrole nitrogens is 1. The van der Waals surface area contributed by atoms with Crippen LogP contribution >= 0.6 is 0 Å². The quantitative estimate of drug-likeness (QED) is 0.0232. The van der Waals surface area contributed by atoms with Crippen LogP contribution in [0.4, 0.5) is 0 Å². The zero-order valence-corrected chi connectivity index (χ0v) is 44.3. The smallest absolute Gasteiger partial charge is 0.326 e. The van der Waals surface area contributed by atoms with Crippen LogP contribution in [0.15, 0.2) is 17.5 Å². The number of unbranched alkanes of at least 4 members (excludes halogenated alkanes) is 1. The number of carboxylic acid groups (broad SMARTS) is 2. The molecule has 3 rings (SSSR count). The maximum absolute atomic E-state index is 14.6. The van der Waals surface area contributed by atoms with Crippen LogP contribution in [0.25, 0.3) is 0 Å². The molecule has 1 aromatic heterocycles. The van der Waals surface area contributed by atoms with Crippen molar-refractivity contribution in [3.63, 3.8) is 0 Å². The first kappa shape index (κ1) is 63.4. The van der Waals surface area contributed by atoms with Gasteiger partial charge in [0, 0.05) is 31.8 Å². The number of nitrogens with two attached hydrogens (primary N) is 3. The number of carboxylic acids is 2. The number of aromatic nitrogens is 2. The third-order valence-corrected chi connectivity index (χ3v) is 13.6. The molecule has 26 nitrogen and oxygen atoms in total. The molecule has 0 spiro atoms. The maximum atomic E-state index is 14.6. The largest absolute Gasteiger partial charge is 0.481 e. The number of aliphatic carboxylic acids is 2. The summed E-state index contributed by atoms with van der Waals surface area (Å²) in [6, 6.07) is -10.4. The molecule has 8 atom stereocenters. The van der Waals surface area contributed by atoms with E-state index in [-0.39, 0.29) is 75.8 Å². The van der Waals surface area contributed by atoms with Crippen LogP contribution < -0.4 is 59.7 Å². The van der Waals surface area contributed by atoms with Crippen LogP contribution in [0.5, 0.6) is 0 Å². The highest BCUT2D eigenvalue weighted by atomic mass is 16.4. The highest BCUT2D eigenvalue weighted by molar-refractivity contribution is 5.98. The zero-order valence-electron chi connectivity index (χ0n) is 44.3. The minimum absolute atomic E-state index is 0.00116. The lowest BCUT2D eigenvalue weighted by Gasteiger charge is -2.31. The highest BCUT2D eigenvalue weighted by Crippen LogP contribution is 2.29. The number of carbonyl (C=O) groups is 10. The van der Waals surface area contributed by atoms with Crippen LogP contribution in [0.3, 0.4) is 0 Å². The normalized spacial score (nSPS) is 17.1. The summed E-state index contributed by atoms with van der Waals surface area (Å²) < 4.78 is 0. The number of nitrogens with one attached hydrogen (secondary N) is 9. The van der Waals surface area contributed by atoms with Crippen molar-refractivity contribution in [2.24, 2.45) is 34.0 Å². The monoisotopic (exact) mass is 1070 g/mol. The fourth-order valence-corrected chi connectivity index (χ4v) is 9.55. The predicted octanol–water partition coefficient (Wildman–Crippen LogP) is -0.647. The first-order valence-corrected chi connectivity index (χ1v) is 26.8. The number of nitrogens with zero attached hydrogens (tertiary/aromatic N) is 2. The Balaban J connectivity index is 1.87. The summed E-state index contributed by atoms with van der Waals surface area (Å²) in [5.74, 6) is -9.01. The number of amides is 8. The van der Waals surface area contributed by atoms with Crippen molar-refractivity contribution >= 4 is 65.2 Å². The molecule has 2 fully saturated rings. The van der Waals surface area contributed by atoms with E-state index in [0.717, 1.165) is 64.2 Å². The molecular weight excluding hydrogens is 989 g/mol. The summed E-state index contributed by atoms with van der Waals surface area (Å²) in [5, 5.41) is 40.7. The molecule has 2 saturated carbocycles. The molecule has 26 heteroatoms. The van der Waals surface area contributed by atoms with Gasteiger partial charge in [-0.2, -0.15) is 0 Å². The molecule has 17 N–H and O–H groups in total. The molecule has 2 aliphatic rings. The number of rotatable bonds is 34. The van der Waals surface area contributed by atoms with Crippen LogP contribution in [0, 0.1) is 11.8 Å². The molecule has 0 unspecified atom stereocenters. The molecule has 0 aliphatic heterocycles. The van der Waals surface area contributed by atoms with E-state index in [0.29, 0.717) is 25.0 Å². The van der Waals surface area contributed by atoms with Crippen LogP contribution in [-0.2, 0) is 54.4 Å². The number of hydrogen-bond acceptors (Lipinski definition) is 13. The summed E-state index contributed by atoms with van der Waals surface area (Å²) in [5.41, 5.74) is 16.9. The Kier molecular flexibility index (Phi) is 28.3.